The molecule has 8 heteroatoms. The molecule has 0 radical (unpaired) electrons. The number of hydrogen-bond acceptors (Lipinski definition) is 5. The minimum atomic E-state index is -0.232. The molecule has 3 N–H and O–H groups in total. The molecule has 1 aliphatic rings. The van der Waals surface area contributed by atoms with Crippen LogP contribution >= 0.6 is 0 Å². The fourth-order valence-electron chi connectivity index (χ4n) is 3.47. The van der Waals surface area contributed by atoms with Gasteiger partial charge in [-0.05, 0) is 57.0 Å². The highest BCUT2D eigenvalue weighted by Crippen LogP contribution is 2.20. The van der Waals surface area contributed by atoms with Gasteiger partial charge in [0, 0.05) is 18.7 Å². The van der Waals surface area contributed by atoms with Crippen molar-refractivity contribution in [2.45, 2.75) is 52.1 Å². The molecule has 0 saturated carbocycles. The van der Waals surface area contributed by atoms with Crippen molar-refractivity contribution in [2.75, 3.05) is 19.6 Å². The third-order valence-corrected chi connectivity index (χ3v) is 5.28. The summed E-state index contributed by atoms with van der Waals surface area (Å²) in [5, 5.41) is 17.4. The van der Waals surface area contributed by atoms with E-state index in [0.29, 0.717) is 30.4 Å². The van der Waals surface area contributed by atoms with Crippen molar-refractivity contribution in [1.29, 1.82) is 0 Å². The van der Waals surface area contributed by atoms with Gasteiger partial charge in [0.1, 0.15) is 0 Å². The van der Waals surface area contributed by atoms with Gasteiger partial charge in [-0.2, -0.15) is 0 Å². The Labute approximate surface area is 171 Å². The summed E-state index contributed by atoms with van der Waals surface area (Å²) in [5.41, 5.74) is 2.72. The van der Waals surface area contributed by atoms with E-state index in [0.717, 1.165) is 50.0 Å². The second kappa shape index (κ2) is 10.2. The lowest BCUT2D eigenvalue weighted by Gasteiger charge is -2.23. The lowest BCUT2D eigenvalue weighted by Crippen LogP contribution is -2.30. The summed E-state index contributed by atoms with van der Waals surface area (Å²) in [4.78, 5) is 24.6. The number of piperidine rings is 1. The average molecular weight is 399 g/mol. The van der Waals surface area contributed by atoms with Gasteiger partial charge in [0.15, 0.2) is 5.69 Å². The number of amides is 2. The molecule has 2 heterocycles. The molecule has 0 bridgehead atoms. The number of aromatic nitrogens is 3. The number of benzene rings is 1. The third-order valence-electron chi connectivity index (χ3n) is 5.28. The zero-order valence-corrected chi connectivity index (χ0v) is 17.2. The van der Waals surface area contributed by atoms with Crippen molar-refractivity contribution in [3.8, 4) is 0 Å². The Hall–Kier alpha value is -2.74. The SMILES string of the molecule is CCCCNC(=O)c1ccc(CNC(=O)c2nnn(C3CCNCC3)c2C)cc1. The van der Waals surface area contributed by atoms with Crippen molar-refractivity contribution in [1.82, 2.24) is 30.9 Å². The van der Waals surface area contributed by atoms with E-state index in [1.807, 2.05) is 23.7 Å². The largest absolute Gasteiger partial charge is 0.352 e. The van der Waals surface area contributed by atoms with E-state index >= 15 is 0 Å². The number of nitrogens with one attached hydrogen (secondary N) is 3. The van der Waals surface area contributed by atoms with E-state index in [2.05, 4.69) is 33.2 Å². The highest BCUT2D eigenvalue weighted by atomic mass is 16.2. The molecule has 0 atom stereocenters. The smallest absolute Gasteiger partial charge is 0.274 e. The summed E-state index contributed by atoms with van der Waals surface area (Å²) in [7, 11) is 0. The number of unbranched alkanes of at least 4 members (excludes halogenated alkanes) is 1. The molecule has 2 aromatic rings. The van der Waals surface area contributed by atoms with Crippen molar-refractivity contribution < 1.29 is 9.59 Å². The van der Waals surface area contributed by atoms with Gasteiger partial charge in [-0.3, -0.25) is 9.59 Å². The molecule has 1 aromatic heterocycles. The highest BCUT2D eigenvalue weighted by Gasteiger charge is 2.22. The maximum atomic E-state index is 12.6. The van der Waals surface area contributed by atoms with Crippen LogP contribution in [0.5, 0.6) is 0 Å². The van der Waals surface area contributed by atoms with Crippen LogP contribution in [-0.4, -0.2) is 46.4 Å². The van der Waals surface area contributed by atoms with Crippen LogP contribution in [0.25, 0.3) is 0 Å². The number of carbonyl (C=O) groups is 2. The van der Waals surface area contributed by atoms with Gasteiger partial charge in [-0.1, -0.05) is 30.7 Å². The Morgan fingerprint density at radius 1 is 1.14 bits per heavy atom. The fourth-order valence-corrected chi connectivity index (χ4v) is 3.47. The van der Waals surface area contributed by atoms with Crippen LogP contribution in [0.15, 0.2) is 24.3 Å². The van der Waals surface area contributed by atoms with E-state index in [4.69, 9.17) is 0 Å². The molecular weight excluding hydrogens is 368 g/mol. The molecule has 156 valence electrons. The minimum absolute atomic E-state index is 0.0702. The van der Waals surface area contributed by atoms with Gasteiger partial charge >= 0.3 is 0 Å². The highest BCUT2D eigenvalue weighted by molar-refractivity contribution is 5.94. The van der Waals surface area contributed by atoms with Crippen LogP contribution in [0.3, 0.4) is 0 Å². The number of carbonyl (C=O) groups excluding carboxylic acids is 2. The zero-order chi connectivity index (χ0) is 20.6. The summed E-state index contributed by atoms with van der Waals surface area (Å²) >= 11 is 0. The molecule has 3 rings (SSSR count). The molecule has 0 unspecified atom stereocenters. The van der Waals surface area contributed by atoms with E-state index < -0.39 is 0 Å². The second-order valence-electron chi connectivity index (χ2n) is 7.44. The molecule has 29 heavy (non-hydrogen) atoms. The van der Waals surface area contributed by atoms with E-state index in [-0.39, 0.29) is 11.8 Å². The first-order valence-corrected chi connectivity index (χ1v) is 10.4. The standard InChI is InChI=1S/C21H30N6O2/c1-3-4-11-23-20(28)17-7-5-16(6-8-17)14-24-21(29)19-15(2)27(26-25-19)18-9-12-22-13-10-18/h5-8,18,22H,3-4,9-14H2,1-2H3,(H,23,28)(H,24,29). The Bertz CT molecular complexity index is 824. The predicted octanol–water partition coefficient (Wildman–Crippen LogP) is 1.97. The molecule has 1 aliphatic heterocycles. The van der Waals surface area contributed by atoms with Crippen molar-refractivity contribution in [3.05, 3.63) is 46.8 Å². The summed E-state index contributed by atoms with van der Waals surface area (Å²) in [6.45, 7) is 6.95. The second-order valence-corrected chi connectivity index (χ2v) is 7.44. The number of hydrogen-bond donors (Lipinski definition) is 3. The van der Waals surface area contributed by atoms with E-state index in [1.54, 1.807) is 12.1 Å². The Kier molecular flexibility index (Phi) is 7.35. The maximum absolute atomic E-state index is 12.6. The third kappa shape index (κ3) is 5.41. The predicted molar refractivity (Wildman–Crippen MR) is 111 cm³/mol. The van der Waals surface area contributed by atoms with Gasteiger partial charge in [0.05, 0.1) is 11.7 Å². The van der Waals surface area contributed by atoms with Gasteiger partial charge in [-0.25, -0.2) is 4.68 Å². The quantitative estimate of drug-likeness (QED) is 0.590. The van der Waals surface area contributed by atoms with Gasteiger partial charge < -0.3 is 16.0 Å². The maximum Gasteiger partial charge on any atom is 0.274 e. The van der Waals surface area contributed by atoms with Crippen molar-refractivity contribution >= 4 is 11.8 Å². The van der Waals surface area contributed by atoms with E-state index in [9.17, 15) is 9.59 Å². The van der Waals surface area contributed by atoms with Crippen LogP contribution in [0.1, 0.15) is 70.8 Å². The monoisotopic (exact) mass is 398 g/mol. The van der Waals surface area contributed by atoms with E-state index in [1.165, 1.54) is 0 Å². The molecule has 1 aromatic carbocycles. The lowest BCUT2D eigenvalue weighted by molar-refractivity contribution is 0.0939. The number of nitrogens with zero attached hydrogens (tertiary/aromatic N) is 3. The Balaban J connectivity index is 1.54. The first-order valence-electron chi connectivity index (χ1n) is 10.4. The summed E-state index contributed by atoms with van der Waals surface area (Å²) in [6, 6.07) is 7.56. The average Bonchev–Trinajstić information content (AvgIpc) is 3.14. The van der Waals surface area contributed by atoms with Crippen LogP contribution in [0.4, 0.5) is 0 Å². The fraction of sp³-hybridized carbons (Fsp3) is 0.524. The minimum Gasteiger partial charge on any atom is -0.352 e. The normalized spacial score (nSPS) is 14.6. The zero-order valence-electron chi connectivity index (χ0n) is 17.2. The first-order chi connectivity index (χ1) is 14.1. The summed E-state index contributed by atoms with van der Waals surface area (Å²) in [6.07, 6.45) is 3.99. The number of rotatable bonds is 8. The first kappa shape index (κ1) is 21.0. The molecule has 1 saturated heterocycles. The lowest BCUT2D eigenvalue weighted by atomic mass is 10.1. The molecule has 2 amide bonds. The van der Waals surface area contributed by atoms with Crippen LogP contribution in [0, 0.1) is 6.92 Å². The van der Waals surface area contributed by atoms with Gasteiger partial charge in [0.2, 0.25) is 0 Å². The molecular formula is C21H30N6O2. The summed E-state index contributed by atoms with van der Waals surface area (Å²) < 4.78 is 1.88. The van der Waals surface area contributed by atoms with Crippen LogP contribution in [0.2, 0.25) is 0 Å². The van der Waals surface area contributed by atoms with Crippen LogP contribution < -0.4 is 16.0 Å². The molecule has 8 nitrogen and oxygen atoms in total. The molecule has 0 aliphatic carbocycles. The Morgan fingerprint density at radius 2 is 1.86 bits per heavy atom. The van der Waals surface area contributed by atoms with Crippen LogP contribution in [-0.2, 0) is 6.54 Å². The van der Waals surface area contributed by atoms with Gasteiger partial charge in [-0.15, -0.1) is 5.10 Å². The van der Waals surface area contributed by atoms with Gasteiger partial charge in [0.25, 0.3) is 11.8 Å². The molecule has 1 fully saturated rings. The Morgan fingerprint density at radius 3 is 2.55 bits per heavy atom. The van der Waals surface area contributed by atoms with Crippen molar-refractivity contribution in [3.63, 3.8) is 0 Å². The van der Waals surface area contributed by atoms with Crippen molar-refractivity contribution in [2.24, 2.45) is 0 Å². The summed E-state index contributed by atoms with van der Waals surface area (Å²) in [5.74, 6) is -0.303. The molecule has 0 spiro atoms. The topological polar surface area (TPSA) is 101 Å².